The maximum atomic E-state index is 8.49. The van der Waals surface area contributed by atoms with E-state index in [1.165, 1.54) is 0 Å². The van der Waals surface area contributed by atoms with Gasteiger partial charge in [0.15, 0.2) is 0 Å². The molecule has 0 aliphatic carbocycles. The monoisotopic (exact) mass is 189 g/mol. The van der Waals surface area contributed by atoms with E-state index >= 15 is 0 Å². The number of halogens is 1. The van der Waals surface area contributed by atoms with E-state index in [2.05, 4.69) is 35.8 Å². The summed E-state index contributed by atoms with van der Waals surface area (Å²) in [5.74, 6) is 0.831. The summed E-state index contributed by atoms with van der Waals surface area (Å²) in [4.78, 5) is 0. The Morgan fingerprint density at radius 2 is 2.11 bits per heavy atom. The summed E-state index contributed by atoms with van der Waals surface area (Å²) in [5, 5.41) is 9.30. The highest BCUT2D eigenvalue weighted by Gasteiger charge is 2.06. The normalized spacial score (nSPS) is 13.2. The second kappa shape index (κ2) is 4.81. The van der Waals surface area contributed by atoms with Crippen LogP contribution in [0.3, 0.4) is 0 Å². The Balaban J connectivity index is 3.47. The maximum absolute atomic E-state index is 8.49. The zero-order valence-corrected chi connectivity index (χ0v) is 7.48. The van der Waals surface area contributed by atoms with E-state index < -0.39 is 0 Å². The fourth-order valence-electron chi connectivity index (χ4n) is 0.719. The van der Waals surface area contributed by atoms with Gasteiger partial charge in [0.25, 0.3) is 0 Å². The van der Waals surface area contributed by atoms with Crippen LogP contribution in [0.15, 0.2) is 0 Å². The van der Waals surface area contributed by atoms with Gasteiger partial charge in [0.05, 0.1) is 12.0 Å². The molecule has 0 rings (SSSR count). The van der Waals surface area contributed by atoms with Crippen molar-refractivity contribution >= 4 is 15.9 Å². The van der Waals surface area contributed by atoms with E-state index in [1.807, 2.05) is 0 Å². The van der Waals surface area contributed by atoms with Crippen LogP contribution in [-0.2, 0) is 0 Å². The van der Waals surface area contributed by atoms with Crippen LogP contribution < -0.4 is 0 Å². The highest BCUT2D eigenvalue weighted by molar-refractivity contribution is 9.09. The minimum Gasteiger partial charge on any atom is -0.198 e. The van der Waals surface area contributed by atoms with Crippen LogP contribution in [0.25, 0.3) is 0 Å². The van der Waals surface area contributed by atoms with Crippen LogP contribution in [0, 0.1) is 23.2 Å². The predicted octanol–water partition coefficient (Wildman–Crippen LogP) is 2.57. The van der Waals surface area contributed by atoms with Crippen LogP contribution in [0.1, 0.15) is 20.3 Å². The minimum absolute atomic E-state index is 0.199. The quantitative estimate of drug-likeness (QED) is 0.627. The Labute approximate surface area is 65.2 Å². The molecule has 0 unspecified atom stereocenters. The second-order valence-electron chi connectivity index (χ2n) is 2.61. The zero-order chi connectivity index (χ0) is 7.28. The van der Waals surface area contributed by atoms with Crippen LogP contribution in [0.2, 0.25) is 0 Å². The van der Waals surface area contributed by atoms with E-state index in [1.54, 1.807) is 0 Å². The summed E-state index contributed by atoms with van der Waals surface area (Å²) in [7, 11) is 0. The molecule has 1 nitrogen and oxygen atoms in total. The van der Waals surface area contributed by atoms with Crippen LogP contribution in [0.5, 0.6) is 0 Å². The average Bonchev–Trinajstić information content (AvgIpc) is 1.82. The first-order valence-electron chi connectivity index (χ1n) is 3.16. The standard InChI is InChI=1S/C7H12BrN/c1-6(2)3-7(4-8)5-9/h6-7H,3-4H2,1-2H3/t7-/m0/s1. The van der Waals surface area contributed by atoms with Gasteiger partial charge in [-0.2, -0.15) is 5.26 Å². The molecule has 0 amide bonds. The van der Waals surface area contributed by atoms with Crippen molar-refractivity contribution in [2.75, 3.05) is 5.33 Å². The van der Waals surface area contributed by atoms with Crippen LogP contribution in [-0.4, -0.2) is 5.33 Å². The van der Waals surface area contributed by atoms with Gasteiger partial charge in [-0.15, -0.1) is 0 Å². The topological polar surface area (TPSA) is 23.8 Å². The molecule has 0 saturated heterocycles. The Kier molecular flexibility index (Phi) is 4.80. The Bertz CT molecular complexity index is 104. The molecular formula is C7H12BrN. The summed E-state index contributed by atoms with van der Waals surface area (Å²) in [5.41, 5.74) is 0. The Morgan fingerprint density at radius 1 is 1.56 bits per heavy atom. The lowest BCUT2D eigenvalue weighted by atomic mass is 10.0. The highest BCUT2D eigenvalue weighted by atomic mass is 79.9. The molecule has 2 heteroatoms. The van der Waals surface area contributed by atoms with Gasteiger partial charge in [0, 0.05) is 5.33 Å². The first-order chi connectivity index (χ1) is 4.20. The molecule has 0 aliphatic rings. The van der Waals surface area contributed by atoms with E-state index in [0.29, 0.717) is 5.92 Å². The van der Waals surface area contributed by atoms with Crippen LogP contribution in [0.4, 0.5) is 0 Å². The van der Waals surface area contributed by atoms with E-state index in [4.69, 9.17) is 5.26 Å². The first-order valence-corrected chi connectivity index (χ1v) is 4.28. The molecule has 1 atom stereocenters. The van der Waals surface area contributed by atoms with Gasteiger partial charge in [-0.25, -0.2) is 0 Å². The SMILES string of the molecule is CC(C)C[C@H](C#N)CBr. The second-order valence-corrected chi connectivity index (χ2v) is 3.26. The Hall–Kier alpha value is -0.0300. The van der Waals surface area contributed by atoms with Crippen molar-refractivity contribution in [1.29, 1.82) is 5.26 Å². The van der Waals surface area contributed by atoms with Crippen molar-refractivity contribution in [3.05, 3.63) is 0 Å². The van der Waals surface area contributed by atoms with Gasteiger partial charge < -0.3 is 0 Å². The zero-order valence-electron chi connectivity index (χ0n) is 5.89. The predicted molar refractivity (Wildman–Crippen MR) is 42.4 cm³/mol. The third-order valence-electron chi connectivity index (χ3n) is 1.12. The molecule has 0 radical (unpaired) electrons. The van der Waals surface area contributed by atoms with Gasteiger partial charge in [0.2, 0.25) is 0 Å². The number of nitrogens with zero attached hydrogens (tertiary/aromatic N) is 1. The van der Waals surface area contributed by atoms with Crippen molar-refractivity contribution in [2.24, 2.45) is 11.8 Å². The fraction of sp³-hybridized carbons (Fsp3) is 0.857. The van der Waals surface area contributed by atoms with Gasteiger partial charge in [-0.05, 0) is 12.3 Å². The maximum Gasteiger partial charge on any atom is 0.0664 e. The number of alkyl halides is 1. The van der Waals surface area contributed by atoms with Gasteiger partial charge in [-0.1, -0.05) is 29.8 Å². The van der Waals surface area contributed by atoms with Gasteiger partial charge in [-0.3, -0.25) is 0 Å². The number of nitriles is 1. The van der Waals surface area contributed by atoms with Crippen molar-refractivity contribution < 1.29 is 0 Å². The summed E-state index contributed by atoms with van der Waals surface area (Å²) < 4.78 is 0. The lowest BCUT2D eigenvalue weighted by Gasteiger charge is -2.06. The molecular weight excluding hydrogens is 178 g/mol. The molecule has 0 aromatic rings. The molecule has 0 N–H and O–H groups in total. The summed E-state index contributed by atoms with van der Waals surface area (Å²) >= 11 is 3.28. The van der Waals surface area contributed by atoms with E-state index in [0.717, 1.165) is 11.8 Å². The fourth-order valence-corrected chi connectivity index (χ4v) is 1.13. The smallest absolute Gasteiger partial charge is 0.0664 e. The minimum atomic E-state index is 0.199. The van der Waals surface area contributed by atoms with Gasteiger partial charge >= 0.3 is 0 Å². The molecule has 0 aromatic heterocycles. The molecule has 0 saturated carbocycles. The number of hydrogen-bond donors (Lipinski definition) is 0. The number of hydrogen-bond acceptors (Lipinski definition) is 1. The summed E-state index contributed by atoms with van der Waals surface area (Å²) in [6.07, 6.45) is 1.00. The third-order valence-corrected chi connectivity index (χ3v) is 1.91. The number of rotatable bonds is 3. The lowest BCUT2D eigenvalue weighted by molar-refractivity contribution is 0.516. The van der Waals surface area contributed by atoms with Crippen molar-refractivity contribution in [3.63, 3.8) is 0 Å². The highest BCUT2D eigenvalue weighted by Crippen LogP contribution is 2.12. The van der Waals surface area contributed by atoms with Crippen molar-refractivity contribution in [2.45, 2.75) is 20.3 Å². The average molecular weight is 190 g/mol. The molecule has 0 heterocycles. The van der Waals surface area contributed by atoms with Crippen molar-refractivity contribution in [3.8, 4) is 6.07 Å². The summed E-state index contributed by atoms with van der Waals surface area (Å²) in [6, 6.07) is 2.24. The molecule has 0 aromatic carbocycles. The first kappa shape index (κ1) is 8.97. The molecule has 52 valence electrons. The molecule has 9 heavy (non-hydrogen) atoms. The summed E-state index contributed by atoms with van der Waals surface area (Å²) in [6.45, 7) is 4.26. The molecule has 0 fully saturated rings. The lowest BCUT2D eigenvalue weighted by Crippen LogP contribution is -2.02. The molecule has 0 bridgehead atoms. The third kappa shape index (κ3) is 4.47. The molecule has 0 spiro atoms. The van der Waals surface area contributed by atoms with Gasteiger partial charge in [0.1, 0.15) is 0 Å². The van der Waals surface area contributed by atoms with E-state index in [-0.39, 0.29) is 5.92 Å². The van der Waals surface area contributed by atoms with Crippen LogP contribution >= 0.6 is 15.9 Å². The van der Waals surface area contributed by atoms with E-state index in [9.17, 15) is 0 Å². The largest absolute Gasteiger partial charge is 0.198 e. The Morgan fingerprint density at radius 3 is 2.22 bits per heavy atom. The van der Waals surface area contributed by atoms with Crippen molar-refractivity contribution in [1.82, 2.24) is 0 Å². The molecule has 0 aliphatic heterocycles.